The predicted octanol–water partition coefficient (Wildman–Crippen LogP) is 3.20. The first-order valence-electron chi connectivity index (χ1n) is 16.4. The third kappa shape index (κ3) is 9.07. The zero-order valence-corrected chi connectivity index (χ0v) is 29.7. The number of aliphatic hydroxyl groups excluding tert-OH is 2. The van der Waals surface area contributed by atoms with Crippen molar-refractivity contribution in [2.45, 2.75) is 47.6 Å². The number of amides is 2. The summed E-state index contributed by atoms with van der Waals surface area (Å²) in [5, 5.41) is 24.0. The minimum atomic E-state index is -0.999. The minimum Gasteiger partial charge on any atom is -0.491 e. The van der Waals surface area contributed by atoms with Crippen LogP contribution in [0, 0.1) is 0 Å². The maximum absolute atomic E-state index is 14.2. The summed E-state index contributed by atoms with van der Waals surface area (Å²) in [7, 11) is 1.56. The lowest BCUT2D eigenvalue weighted by Crippen LogP contribution is -2.54. The summed E-state index contributed by atoms with van der Waals surface area (Å²) in [5.74, 6) is -0.335. The summed E-state index contributed by atoms with van der Waals surface area (Å²) in [6.07, 6.45) is 2.75. The van der Waals surface area contributed by atoms with E-state index in [2.05, 4.69) is 15.3 Å². The molecule has 0 bridgehead atoms. The fraction of sp³-hybridized carbons (Fsp3) is 0.270. The second-order valence-electron chi connectivity index (χ2n) is 11.9. The Morgan fingerprint density at radius 3 is 2.55 bits per heavy atom. The fourth-order valence-electron chi connectivity index (χ4n) is 5.62. The number of carbonyl (C=O) groups is 2. The van der Waals surface area contributed by atoms with E-state index < -0.39 is 36.6 Å². The summed E-state index contributed by atoms with van der Waals surface area (Å²) in [4.78, 5) is 37.3. The molecule has 14 heteroatoms. The van der Waals surface area contributed by atoms with Gasteiger partial charge in [-0.15, -0.1) is 0 Å². The van der Waals surface area contributed by atoms with E-state index in [4.69, 9.17) is 38.6 Å². The Morgan fingerprint density at radius 2 is 1.82 bits per heavy atom. The molecule has 51 heavy (non-hydrogen) atoms. The number of aromatic amines is 1. The number of nitrogens with two attached hydrogens (primary N) is 3. The number of fused-ring (bicyclic) bond motifs is 1. The molecule has 0 fully saturated rings. The average Bonchev–Trinajstić information content (AvgIpc) is 3.58. The van der Waals surface area contributed by atoms with Gasteiger partial charge in [-0.05, 0) is 58.1 Å². The lowest BCUT2D eigenvalue weighted by molar-refractivity contribution is -0.139. The number of hydrogen-bond acceptors (Lipinski definition) is 10. The molecule has 3 atom stereocenters. The van der Waals surface area contributed by atoms with Crippen LogP contribution in [0.3, 0.4) is 0 Å². The summed E-state index contributed by atoms with van der Waals surface area (Å²) < 4.78 is 5.61. The zero-order chi connectivity index (χ0) is 36.5. The molecule has 0 aliphatic carbocycles. The topological polar surface area (TPSA) is 206 Å². The van der Waals surface area contributed by atoms with E-state index in [1.807, 2.05) is 60.8 Å². The number of para-hydroxylation sites is 1. The number of benzene rings is 3. The largest absolute Gasteiger partial charge is 0.491 e. The van der Waals surface area contributed by atoms with Gasteiger partial charge >= 0.3 is 0 Å². The summed E-state index contributed by atoms with van der Waals surface area (Å²) in [5.41, 5.74) is 22.7. The van der Waals surface area contributed by atoms with Crippen LogP contribution in [0.15, 0.2) is 95.1 Å². The number of aromatic nitrogens is 2. The van der Waals surface area contributed by atoms with Gasteiger partial charge in [-0.2, -0.15) is 0 Å². The molecule has 0 aliphatic rings. The van der Waals surface area contributed by atoms with Gasteiger partial charge in [-0.1, -0.05) is 65.8 Å². The number of pyridine rings is 1. The standard InChI is InChI=1S/C37H42ClN7O5S/c1-45(37(49)31(41)17-40)33(15-24-18-43-32-7-3-2-6-28(24)32)35(48)44-19-29-27(22-8-10-26(11-9-22)50-21-25(47)20-46)12-13-30(38)34(29)51-36-23(16-39)5-4-14-42-36/h2-14,18,25,31,33,43,46-47H,15-17,19-21,39-41H2,1H3,(H,44,48)/t25?,31-,33-/m0/s1. The maximum atomic E-state index is 14.2. The molecule has 12 nitrogen and oxygen atoms in total. The smallest absolute Gasteiger partial charge is 0.243 e. The highest BCUT2D eigenvalue weighted by molar-refractivity contribution is 7.99. The molecule has 0 spiro atoms. The van der Waals surface area contributed by atoms with E-state index in [-0.39, 0.29) is 32.7 Å². The Kier molecular flexibility index (Phi) is 13.1. The van der Waals surface area contributed by atoms with Gasteiger partial charge < -0.3 is 47.4 Å². The van der Waals surface area contributed by atoms with Gasteiger partial charge in [-0.25, -0.2) is 4.98 Å². The minimum absolute atomic E-state index is 0.0537. The molecule has 1 unspecified atom stereocenters. The van der Waals surface area contributed by atoms with Gasteiger partial charge in [0.25, 0.3) is 0 Å². The number of ether oxygens (including phenoxy) is 1. The Hall–Kier alpha value is -4.47. The van der Waals surface area contributed by atoms with Crippen molar-refractivity contribution < 1.29 is 24.5 Å². The van der Waals surface area contributed by atoms with Crippen LogP contribution in [0.5, 0.6) is 5.75 Å². The Balaban J connectivity index is 1.51. The number of halogens is 1. The number of nitrogens with zero attached hydrogens (tertiary/aromatic N) is 2. The number of carbonyl (C=O) groups excluding carboxylic acids is 2. The van der Waals surface area contributed by atoms with Gasteiger partial charge in [0.05, 0.1) is 17.7 Å². The van der Waals surface area contributed by atoms with Crippen molar-refractivity contribution in [3.63, 3.8) is 0 Å². The average molecular weight is 732 g/mol. The molecular weight excluding hydrogens is 690 g/mol. The monoisotopic (exact) mass is 731 g/mol. The van der Waals surface area contributed by atoms with Crippen LogP contribution in [0.1, 0.15) is 16.7 Å². The number of hydrogen-bond donors (Lipinski definition) is 7. The molecule has 5 rings (SSSR count). The van der Waals surface area contributed by atoms with E-state index in [1.54, 1.807) is 31.4 Å². The van der Waals surface area contributed by atoms with Crippen molar-refractivity contribution in [1.29, 1.82) is 0 Å². The van der Waals surface area contributed by atoms with Crippen molar-refractivity contribution in [2.75, 3.05) is 26.8 Å². The van der Waals surface area contributed by atoms with Crippen molar-refractivity contribution >= 4 is 46.1 Å². The molecule has 268 valence electrons. The zero-order valence-electron chi connectivity index (χ0n) is 28.1. The highest BCUT2D eigenvalue weighted by Gasteiger charge is 2.31. The van der Waals surface area contributed by atoms with Gasteiger partial charge in [-0.3, -0.25) is 9.59 Å². The third-order valence-corrected chi connectivity index (χ3v) is 10.2. The van der Waals surface area contributed by atoms with Crippen molar-refractivity contribution in [1.82, 2.24) is 20.2 Å². The van der Waals surface area contributed by atoms with E-state index in [1.165, 1.54) is 16.7 Å². The van der Waals surface area contributed by atoms with Crippen molar-refractivity contribution in [3.8, 4) is 16.9 Å². The van der Waals surface area contributed by atoms with E-state index in [9.17, 15) is 14.7 Å². The van der Waals surface area contributed by atoms with Crippen LogP contribution in [-0.4, -0.2) is 81.9 Å². The number of rotatable bonds is 16. The normalized spacial score (nSPS) is 13.1. The quantitative estimate of drug-likeness (QED) is 0.0789. The van der Waals surface area contributed by atoms with Crippen LogP contribution < -0.4 is 27.3 Å². The maximum Gasteiger partial charge on any atom is 0.243 e. The van der Waals surface area contributed by atoms with Crippen molar-refractivity contribution in [2.24, 2.45) is 17.2 Å². The molecule has 2 aromatic heterocycles. The first-order valence-corrected chi connectivity index (χ1v) is 17.5. The lowest BCUT2D eigenvalue weighted by Gasteiger charge is -2.29. The Bertz CT molecular complexity index is 1960. The second kappa shape index (κ2) is 17.6. The summed E-state index contributed by atoms with van der Waals surface area (Å²) >= 11 is 8.23. The number of aliphatic hydroxyl groups is 2. The van der Waals surface area contributed by atoms with E-state index in [0.717, 1.165) is 38.7 Å². The molecule has 3 aromatic carbocycles. The van der Waals surface area contributed by atoms with Crippen LogP contribution >= 0.6 is 23.4 Å². The van der Waals surface area contributed by atoms with E-state index >= 15 is 0 Å². The Morgan fingerprint density at radius 1 is 1.06 bits per heavy atom. The molecular formula is C37H42ClN7O5S. The number of likely N-dealkylation sites (N-methyl/N-ethyl adjacent to an activating group) is 1. The van der Waals surface area contributed by atoms with Gasteiger partial charge in [0.15, 0.2) is 0 Å². The van der Waals surface area contributed by atoms with E-state index in [0.29, 0.717) is 20.7 Å². The first kappa shape index (κ1) is 37.8. The number of nitrogens with one attached hydrogen (secondary N) is 2. The highest BCUT2D eigenvalue weighted by Crippen LogP contribution is 2.41. The molecule has 2 heterocycles. The Labute approximate surface area is 305 Å². The van der Waals surface area contributed by atoms with Gasteiger partial charge in [0.1, 0.15) is 29.5 Å². The predicted molar refractivity (Wildman–Crippen MR) is 199 cm³/mol. The fourth-order valence-corrected chi connectivity index (χ4v) is 6.98. The molecule has 0 saturated heterocycles. The summed E-state index contributed by atoms with van der Waals surface area (Å²) in [6.45, 7) is -0.214. The molecule has 0 aliphatic heterocycles. The van der Waals surface area contributed by atoms with Crippen LogP contribution in [0.2, 0.25) is 5.02 Å². The lowest BCUT2D eigenvalue weighted by atomic mass is 9.98. The van der Waals surface area contributed by atoms with Gasteiger partial charge in [0, 0.05) is 61.3 Å². The summed E-state index contributed by atoms with van der Waals surface area (Å²) in [6, 6.07) is 20.5. The SMILES string of the molecule is CN(C(=O)[C@@H](N)CN)[C@@H](Cc1c[nH]c2ccccc12)C(=O)NCc1c(-c2ccc(OCC(O)CO)cc2)ccc(Cl)c1Sc1ncccc1CN. The molecule has 0 saturated carbocycles. The van der Waals surface area contributed by atoms with Crippen LogP contribution in [0.25, 0.3) is 22.0 Å². The van der Waals surface area contributed by atoms with Crippen molar-refractivity contribution in [3.05, 3.63) is 107 Å². The molecule has 5 aromatic rings. The highest BCUT2D eigenvalue weighted by atomic mass is 35.5. The van der Waals surface area contributed by atoms with Crippen LogP contribution in [-0.2, 0) is 29.1 Å². The van der Waals surface area contributed by atoms with Crippen LogP contribution in [0.4, 0.5) is 0 Å². The molecule has 10 N–H and O–H groups in total. The molecule has 0 radical (unpaired) electrons. The number of H-pyrrole nitrogens is 1. The van der Waals surface area contributed by atoms with Gasteiger partial charge in [0.2, 0.25) is 11.8 Å². The molecule has 2 amide bonds. The first-order chi connectivity index (χ1) is 24.6. The third-order valence-electron chi connectivity index (χ3n) is 8.52. The second-order valence-corrected chi connectivity index (χ2v) is 13.3.